The van der Waals surface area contributed by atoms with Gasteiger partial charge in [-0.15, -0.1) is 0 Å². The first-order valence-electron chi connectivity index (χ1n) is 7.91. The molecule has 1 atom stereocenters. The van der Waals surface area contributed by atoms with Crippen LogP contribution >= 0.6 is 0 Å². The summed E-state index contributed by atoms with van der Waals surface area (Å²) in [6.45, 7) is 8.57. The van der Waals surface area contributed by atoms with Crippen molar-refractivity contribution in [3.05, 3.63) is 0 Å². The largest absolute Gasteiger partial charge is 0.314 e. The van der Waals surface area contributed by atoms with E-state index in [4.69, 9.17) is 0 Å². The molecule has 2 fully saturated rings. The molecule has 1 heterocycles. The van der Waals surface area contributed by atoms with Crippen molar-refractivity contribution in [2.75, 3.05) is 39.8 Å². The summed E-state index contributed by atoms with van der Waals surface area (Å²) in [5.41, 5.74) is 0. The Bertz CT molecular complexity index is 226. The highest BCUT2D eigenvalue weighted by Gasteiger charge is 2.20. The Morgan fingerprint density at radius 1 is 1.11 bits per heavy atom. The molecule has 0 amide bonds. The Balaban J connectivity index is 1.54. The third-order valence-corrected chi connectivity index (χ3v) is 4.63. The minimum Gasteiger partial charge on any atom is -0.314 e. The van der Waals surface area contributed by atoms with Gasteiger partial charge in [0.2, 0.25) is 0 Å². The van der Waals surface area contributed by atoms with E-state index in [9.17, 15) is 0 Å². The van der Waals surface area contributed by atoms with E-state index in [-0.39, 0.29) is 0 Å². The number of nitrogens with one attached hydrogen (secondary N) is 1. The van der Waals surface area contributed by atoms with E-state index in [2.05, 4.69) is 29.1 Å². The van der Waals surface area contributed by atoms with Crippen molar-refractivity contribution in [1.29, 1.82) is 0 Å². The standard InChI is InChI=1S/C15H31N3/c1-14-13-17(2)11-12-18(14)10-6-9-16-15-7-4-3-5-8-15/h14-16H,3-13H2,1-2H3. The molecule has 1 unspecified atom stereocenters. The molecule has 1 saturated heterocycles. The summed E-state index contributed by atoms with van der Waals surface area (Å²) in [6.07, 6.45) is 8.46. The van der Waals surface area contributed by atoms with Crippen LogP contribution in [-0.4, -0.2) is 61.7 Å². The lowest BCUT2D eigenvalue weighted by Crippen LogP contribution is -2.50. The van der Waals surface area contributed by atoms with Crippen LogP contribution in [0, 0.1) is 0 Å². The molecular weight excluding hydrogens is 222 g/mol. The number of hydrogen-bond acceptors (Lipinski definition) is 3. The molecule has 2 aliphatic rings. The first kappa shape index (κ1) is 14.3. The van der Waals surface area contributed by atoms with Crippen molar-refractivity contribution in [3.8, 4) is 0 Å². The van der Waals surface area contributed by atoms with Crippen LogP contribution < -0.4 is 5.32 Å². The van der Waals surface area contributed by atoms with Gasteiger partial charge in [0.25, 0.3) is 0 Å². The zero-order valence-corrected chi connectivity index (χ0v) is 12.3. The van der Waals surface area contributed by atoms with Gasteiger partial charge in [0.1, 0.15) is 0 Å². The lowest BCUT2D eigenvalue weighted by molar-refractivity contribution is 0.0988. The van der Waals surface area contributed by atoms with E-state index in [1.54, 1.807) is 0 Å². The van der Waals surface area contributed by atoms with Gasteiger partial charge in [0, 0.05) is 31.7 Å². The van der Waals surface area contributed by atoms with Crippen molar-refractivity contribution < 1.29 is 0 Å². The molecule has 0 aromatic heterocycles. The van der Waals surface area contributed by atoms with Crippen LogP contribution in [0.4, 0.5) is 0 Å². The first-order chi connectivity index (χ1) is 8.75. The van der Waals surface area contributed by atoms with Crippen LogP contribution in [0.15, 0.2) is 0 Å². The molecule has 0 spiro atoms. The highest BCUT2D eigenvalue weighted by atomic mass is 15.3. The Morgan fingerprint density at radius 2 is 1.89 bits per heavy atom. The summed E-state index contributed by atoms with van der Waals surface area (Å²) in [5.74, 6) is 0. The zero-order chi connectivity index (χ0) is 12.8. The van der Waals surface area contributed by atoms with Gasteiger partial charge in [0.15, 0.2) is 0 Å². The lowest BCUT2D eigenvalue weighted by atomic mass is 9.95. The Kier molecular flexibility index (Phi) is 5.93. The SMILES string of the molecule is CC1CN(C)CCN1CCCNC1CCCCC1. The molecule has 18 heavy (non-hydrogen) atoms. The van der Waals surface area contributed by atoms with Gasteiger partial charge in [-0.2, -0.15) is 0 Å². The number of likely N-dealkylation sites (N-methyl/N-ethyl adjacent to an activating group) is 1. The third-order valence-electron chi connectivity index (χ3n) is 4.63. The summed E-state index contributed by atoms with van der Waals surface area (Å²) in [7, 11) is 2.23. The molecule has 3 nitrogen and oxygen atoms in total. The number of piperazine rings is 1. The van der Waals surface area contributed by atoms with Crippen molar-refractivity contribution >= 4 is 0 Å². The van der Waals surface area contributed by atoms with E-state index >= 15 is 0 Å². The van der Waals surface area contributed by atoms with Gasteiger partial charge >= 0.3 is 0 Å². The van der Waals surface area contributed by atoms with Crippen molar-refractivity contribution in [2.24, 2.45) is 0 Å². The summed E-state index contributed by atoms with van der Waals surface area (Å²) in [4.78, 5) is 5.10. The maximum absolute atomic E-state index is 3.75. The Hall–Kier alpha value is -0.120. The fourth-order valence-corrected chi connectivity index (χ4v) is 3.40. The van der Waals surface area contributed by atoms with Crippen molar-refractivity contribution in [3.63, 3.8) is 0 Å². The second-order valence-electron chi connectivity index (χ2n) is 6.29. The van der Waals surface area contributed by atoms with Crippen LogP contribution in [-0.2, 0) is 0 Å². The molecule has 1 aliphatic carbocycles. The molecule has 1 N–H and O–H groups in total. The van der Waals surface area contributed by atoms with Gasteiger partial charge < -0.3 is 10.2 Å². The molecule has 0 aromatic rings. The molecule has 1 saturated carbocycles. The van der Waals surface area contributed by atoms with Crippen LogP contribution in [0.5, 0.6) is 0 Å². The van der Waals surface area contributed by atoms with Crippen LogP contribution in [0.25, 0.3) is 0 Å². The van der Waals surface area contributed by atoms with Gasteiger partial charge in [-0.05, 0) is 46.3 Å². The number of hydrogen-bond donors (Lipinski definition) is 1. The predicted molar refractivity (Wildman–Crippen MR) is 78.0 cm³/mol. The third kappa shape index (κ3) is 4.52. The topological polar surface area (TPSA) is 18.5 Å². The highest BCUT2D eigenvalue weighted by Crippen LogP contribution is 2.17. The average molecular weight is 253 g/mol. The molecular formula is C15H31N3. The lowest BCUT2D eigenvalue weighted by Gasteiger charge is -2.38. The summed E-state index contributed by atoms with van der Waals surface area (Å²) in [6, 6.07) is 1.56. The van der Waals surface area contributed by atoms with E-state index in [0.717, 1.165) is 12.1 Å². The minimum absolute atomic E-state index is 0.735. The Labute approximate surface area is 113 Å². The average Bonchev–Trinajstić information content (AvgIpc) is 2.38. The van der Waals surface area contributed by atoms with Gasteiger partial charge in [-0.1, -0.05) is 19.3 Å². The minimum atomic E-state index is 0.735. The molecule has 0 bridgehead atoms. The Morgan fingerprint density at radius 3 is 2.61 bits per heavy atom. The van der Waals surface area contributed by atoms with E-state index < -0.39 is 0 Å². The second kappa shape index (κ2) is 7.46. The summed E-state index contributed by atoms with van der Waals surface area (Å²) >= 11 is 0. The monoisotopic (exact) mass is 253 g/mol. The molecule has 106 valence electrons. The maximum atomic E-state index is 3.75. The van der Waals surface area contributed by atoms with Crippen LogP contribution in [0.3, 0.4) is 0 Å². The van der Waals surface area contributed by atoms with Gasteiger partial charge in [-0.3, -0.25) is 4.90 Å². The van der Waals surface area contributed by atoms with Gasteiger partial charge in [0.05, 0.1) is 0 Å². The maximum Gasteiger partial charge on any atom is 0.0195 e. The van der Waals surface area contributed by atoms with E-state index in [1.807, 2.05) is 0 Å². The summed E-state index contributed by atoms with van der Waals surface area (Å²) < 4.78 is 0. The van der Waals surface area contributed by atoms with E-state index in [0.29, 0.717) is 0 Å². The number of rotatable bonds is 5. The molecule has 3 heteroatoms. The quantitative estimate of drug-likeness (QED) is 0.755. The molecule has 1 aliphatic heterocycles. The normalized spacial score (nSPS) is 28.7. The molecule has 0 aromatic carbocycles. The van der Waals surface area contributed by atoms with Crippen molar-refractivity contribution in [1.82, 2.24) is 15.1 Å². The molecule has 0 radical (unpaired) electrons. The van der Waals surface area contributed by atoms with Crippen molar-refractivity contribution in [2.45, 2.75) is 57.5 Å². The van der Waals surface area contributed by atoms with E-state index in [1.165, 1.54) is 71.2 Å². The fourth-order valence-electron chi connectivity index (χ4n) is 3.40. The smallest absolute Gasteiger partial charge is 0.0195 e. The molecule has 2 rings (SSSR count). The van der Waals surface area contributed by atoms with Crippen LogP contribution in [0.1, 0.15) is 45.4 Å². The first-order valence-corrected chi connectivity index (χ1v) is 7.91. The number of nitrogens with zero attached hydrogens (tertiary/aromatic N) is 2. The fraction of sp³-hybridized carbons (Fsp3) is 1.00. The predicted octanol–water partition coefficient (Wildman–Crippen LogP) is 1.93. The van der Waals surface area contributed by atoms with Gasteiger partial charge in [-0.25, -0.2) is 0 Å². The van der Waals surface area contributed by atoms with Crippen LogP contribution in [0.2, 0.25) is 0 Å². The summed E-state index contributed by atoms with van der Waals surface area (Å²) in [5, 5.41) is 3.75. The zero-order valence-electron chi connectivity index (χ0n) is 12.3. The second-order valence-corrected chi connectivity index (χ2v) is 6.29. The highest BCUT2D eigenvalue weighted by molar-refractivity contribution is 4.78.